The summed E-state index contributed by atoms with van der Waals surface area (Å²) in [7, 11) is 0. The van der Waals surface area contributed by atoms with E-state index in [2.05, 4.69) is 114 Å². The maximum Gasteiger partial charge on any atom is 0.315 e. The smallest absolute Gasteiger partial charge is 0.315 e. The van der Waals surface area contributed by atoms with Crippen molar-refractivity contribution in [1.82, 2.24) is 52.3 Å². The number of aliphatic hydroxyl groups excluding tert-OH is 1. The molecule has 4 saturated carbocycles. The predicted molar refractivity (Wildman–Crippen MR) is 443 cm³/mol. The summed E-state index contributed by atoms with van der Waals surface area (Å²) in [6.07, 6.45) is 35.6. The lowest BCUT2D eigenvalue weighted by atomic mass is 9.56. The number of rotatable bonds is 28. The quantitative estimate of drug-likeness (QED) is 0.0201. The number of piperidine rings is 2. The Morgan fingerprint density at radius 3 is 1.51 bits per heavy atom. The summed E-state index contributed by atoms with van der Waals surface area (Å²) in [4.78, 5) is 91.2. The van der Waals surface area contributed by atoms with Crippen molar-refractivity contribution in [2.75, 3.05) is 63.9 Å². The lowest BCUT2D eigenvalue weighted by molar-refractivity contribution is -0.122. The highest BCUT2D eigenvalue weighted by Gasteiger charge is 2.64. The fourth-order valence-corrected chi connectivity index (χ4v) is 29.7. The minimum Gasteiger partial charge on any atom is -0.393 e. The van der Waals surface area contributed by atoms with Crippen molar-refractivity contribution in [3.05, 3.63) is 45.6 Å². The molecule has 112 heavy (non-hydrogen) atoms. The lowest BCUT2D eigenvalue weighted by Gasteiger charge is -2.49. The summed E-state index contributed by atoms with van der Waals surface area (Å²) < 4.78 is 14.7. The number of likely N-dealkylation sites (tertiary alicyclic amines) is 2. The maximum absolute atomic E-state index is 12.9. The van der Waals surface area contributed by atoms with Gasteiger partial charge in [0.1, 0.15) is 0 Å². The number of aliphatic hydroxyl groups is 1. The molecule has 8 aliphatic carbocycles. The maximum atomic E-state index is 12.9. The number of carbonyl (C=O) groups is 7. The van der Waals surface area contributed by atoms with Crippen LogP contribution in [0.4, 0.5) is 9.59 Å². The number of unbranched alkanes of at least 4 members (excludes halogenated alkanes) is 6. The van der Waals surface area contributed by atoms with Crippen LogP contribution in [-0.4, -0.2) is 197 Å². The van der Waals surface area contributed by atoms with E-state index in [4.69, 9.17) is 9.47 Å². The first-order chi connectivity index (χ1) is 53.9. The molecule has 4 unspecified atom stereocenters. The van der Waals surface area contributed by atoms with Crippen molar-refractivity contribution in [3.63, 3.8) is 0 Å². The Labute approximate surface area is 678 Å². The SMILES string of the molecule is CC1=C2C[C@H]3[C@@H](CC=C4C[C@@H](O)CC[C@@]43C)[C@@H]2CCC12O[C@@H]1C[C@H](C)CN(CCNC(=O)CCCCCNC(=O)CCCCC3SC[C@@H]4NC(=O)N[C@H]34)[C@H]1[C@H]2C.CC1=C2C[C@H]3[C@@H](CCC4=CC(=O)CC[C@@]43C)[C@@H]2CCC12O[C@@H]1C[C@H](C)CN(CCNC(=O)CCCCCNC(=O)CCCCC3SC[C@@H]4NC(=O)N[C@H]34)[C@H]1[C@H]2C. The van der Waals surface area contributed by atoms with Gasteiger partial charge in [-0.25, -0.2) is 9.59 Å². The molecule has 8 aliphatic heterocycles. The number of fused-ring (bicyclic) bond motifs is 14. The first kappa shape index (κ1) is 82.6. The number of hydrogen-bond donors (Lipinski definition) is 9. The second kappa shape index (κ2) is 35.2. The molecule has 8 saturated heterocycles. The van der Waals surface area contributed by atoms with Crippen LogP contribution in [0.5, 0.6) is 0 Å². The molecule has 0 bridgehead atoms. The van der Waals surface area contributed by atoms with Gasteiger partial charge in [-0.3, -0.25) is 33.8 Å². The van der Waals surface area contributed by atoms with E-state index in [1.54, 1.807) is 22.3 Å². The molecule has 9 N–H and O–H groups in total. The van der Waals surface area contributed by atoms with Gasteiger partial charge in [0, 0.05) is 130 Å². The molecular weight excluding hydrogens is 1450 g/mol. The van der Waals surface area contributed by atoms with Crippen LogP contribution in [0, 0.1) is 70.0 Å². The van der Waals surface area contributed by atoms with Gasteiger partial charge in [0.15, 0.2) is 5.78 Å². The van der Waals surface area contributed by atoms with Gasteiger partial charge in [-0.15, -0.1) is 0 Å². The fourth-order valence-electron chi connectivity index (χ4n) is 26.6. The largest absolute Gasteiger partial charge is 0.393 e. The monoisotopic (exact) mass is 1590 g/mol. The number of ketones is 1. The van der Waals surface area contributed by atoms with Crippen molar-refractivity contribution in [1.29, 1.82) is 0 Å². The van der Waals surface area contributed by atoms with Crippen molar-refractivity contribution < 1.29 is 48.1 Å². The minimum atomic E-state index is -0.186. The van der Waals surface area contributed by atoms with Gasteiger partial charge in [0.05, 0.1) is 53.7 Å². The van der Waals surface area contributed by atoms with E-state index in [0.717, 1.165) is 184 Å². The number of urea groups is 2. The summed E-state index contributed by atoms with van der Waals surface area (Å²) in [6.45, 7) is 26.0. The normalized spacial score (nSPS) is 40.6. The second-order valence-corrected chi connectivity index (χ2v) is 41.5. The standard InChI is InChI=1S/C45H71N5O5S.C45H69N5O5S/c2*1-27-22-37-42(29(3)45(55-37)18-16-32-33-14-13-30-23-31(51)15-17-44(30,4)35(33)24-34(32)28(45)2)50(25-27)21-20-47-40(53)11-6-5-9-19-46-39(52)12-8-7-10-38-41-36(26-56-38)48-43(54)49-41/h13,27,29,31-33,35-38,41-42,51H,5-12,14-26H2,1-4H3,(H,46,52)(H,47,53)(H2,48,49,54);23,27,29,32-33,35-38,41-42H,5-22,24-26H2,1-4H3,(H,46,52)(H,47,53)(H2,48,49,54)/t27-,29+,31-,32-,33-,35-,36-,37+,38?,41-,42-,44-,45?;27-,29+,32-,33-,35-,36-,37+,38?,41-,42-,44-,45?/m00/s1. The Morgan fingerprint density at radius 1 is 0.536 bits per heavy atom. The summed E-state index contributed by atoms with van der Waals surface area (Å²) in [5.74, 6) is 8.88. The van der Waals surface area contributed by atoms with Crippen LogP contribution in [0.2, 0.25) is 0 Å². The minimum absolute atomic E-state index is 0.0472. The molecule has 0 aromatic rings. The van der Waals surface area contributed by atoms with Crippen molar-refractivity contribution in [2.45, 2.75) is 337 Å². The predicted octanol–water partition coefficient (Wildman–Crippen LogP) is 12.7. The van der Waals surface area contributed by atoms with E-state index >= 15 is 0 Å². The zero-order chi connectivity index (χ0) is 78.4. The first-order valence-electron chi connectivity index (χ1n) is 45.2. The van der Waals surface area contributed by atoms with Gasteiger partial charge in [0.25, 0.3) is 0 Å². The van der Waals surface area contributed by atoms with E-state index in [1.807, 2.05) is 29.6 Å². The van der Waals surface area contributed by atoms with Gasteiger partial charge < -0.3 is 57.1 Å². The fraction of sp³-hybridized carbons (Fsp3) is 0.833. The topological polar surface area (TPSA) is 261 Å². The third-order valence-electron chi connectivity index (χ3n) is 32.5. The molecule has 20 nitrogen and oxygen atoms in total. The van der Waals surface area contributed by atoms with Crippen molar-refractivity contribution in [2.24, 2.45) is 70.0 Å². The van der Waals surface area contributed by atoms with Gasteiger partial charge >= 0.3 is 12.1 Å². The summed E-state index contributed by atoms with van der Waals surface area (Å²) in [5.41, 5.74) is 9.54. The van der Waals surface area contributed by atoms with Crippen LogP contribution in [0.1, 0.15) is 261 Å². The Kier molecular flexibility index (Phi) is 26.0. The van der Waals surface area contributed by atoms with Gasteiger partial charge in [0.2, 0.25) is 23.6 Å². The number of ether oxygens (including phenoxy) is 2. The molecule has 16 rings (SSSR count). The summed E-state index contributed by atoms with van der Waals surface area (Å²) >= 11 is 3.85. The Hall–Kier alpha value is -4.45. The molecule has 0 radical (unpaired) electrons. The molecular formula is C90H140N10O10S2. The van der Waals surface area contributed by atoms with Crippen LogP contribution in [-0.2, 0) is 33.4 Å². The van der Waals surface area contributed by atoms with E-state index in [0.29, 0.717) is 134 Å². The summed E-state index contributed by atoms with van der Waals surface area (Å²) in [6, 6.07) is 1.62. The van der Waals surface area contributed by atoms with Crippen LogP contribution in [0.25, 0.3) is 0 Å². The highest BCUT2D eigenvalue weighted by Crippen LogP contribution is 2.68. The van der Waals surface area contributed by atoms with Gasteiger partial charge in [-0.1, -0.05) is 95.6 Å². The highest BCUT2D eigenvalue weighted by atomic mass is 32.2. The van der Waals surface area contributed by atoms with Crippen LogP contribution >= 0.6 is 23.5 Å². The first-order valence-corrected chi connectivity index (χ1v) is 47.3. The Morgan fingerprint density at radius 2 is 1.00 bits per heavy atom. The number of nitrogens with one attached hydrogen (secondary N) is 8. The molecule has 622 valence electrons. The van der Waals surface area contributed by atoms with Crippen molar-refractivity contribution in [3.8, 4) is 0 Å². The third kappa shape index (κ3) is 16.9. The van der Waals surface area contributed by atoms with E-state index in [-0.39, 0.29) is 100 Å². The number of amides is 8. The Balaban J connectivity index is 0.000000177. The van der Waals surface area contributed by atoms with E-state index in [9.17, 15) is 38.7 Å². The van der Waals surface area contributed by atoms with Crippen LogP contribution in [0.3, 0.4) is 0 Å². The molecule has 8 heterocycles. The van der Waals surface area contributed by atoms with Crippen LogP contribution < -0.4 is 42.5 Å². The number of thioether (sulfide) groups is 2. The number of allylic oxidation sites excluding steroid dienone is 5. The average molecular weight is 1590 g/mol. The number of nitrogens with zero attached hydrogens (tertiary/aromatic N) is 2. The molecule has 0 aromatic heterocycles. The van der Waals surface area contributed by atoms with Crippen LogP contribution in [0.15, 0.2) is 45.6 Å². The molecule has 22 heteroatoms. The summed E-state index contributed by atoms with van der Waals surface area (Å²) in [5, 5.41) is 36.0. The number of carbonyl (C=O) groups excluding carboxylic acids is 7. The zero-order valence-electron chi connectivity index (χ0n) is 69.3. The van der Waals surface area contributed by atoms with Gasteiger partial charge in [-0.2, -0.15) is 23.5 Å². The lowest BCUT2D eigenvalue weighted by Crippen LogP contribution is -2.54. The Bertz CT molecular complexity index is 3610. The van der Waals surface area contributed by atoms with Crippen molar-refractivity contribution >= 4 is 65.0 Å². The molecule has 2 spiro atoms. The number of hydrogen-bond acceptors (Lipinski definition) is 14. The van der Waals surface area contributed by atoms with E-state index < -0.39 is 0 Å². The molecule has 16 aliphatic rings. The van der Waals surface area contributed by atoms with Gasteiger partial charge in [-0.05, 0) is 237 Å². The average Bonchev–Trinajstić information content (AvgIpc) is 1.55. The molecule has 25 atom stereocenters. The molecule has 8 amide bonds. The third-order valence-corrected chi connectivity index (χ3v) is 35.5. The molecule has 12 fully saturated rings. The molecule has 0 aromatic carbocycles. The highest BCUT2D eigenvalue weighted by molar-refractivity contribution is 8.00. The zero-order valence-corrected chi connectivity index (χ0v) is 70.9. The second-order valence-electron chi connectivity index (χ2n) is 39.0. The van der Waals surface area contributed by atoms with E-state index in [1.165, 1.54) is 49.7 Å².